The van der Waals surface area contributed by atoms with Gasteiger partial charge in [-0.2, -0.15) is 0 Å². The molecular formula is C12H22N3O6S+. The molecule has 0 saturated carbocycles. The number of rotatable bonds is 6. The third-order valence-corrected chi connectivity index (χ3v) is 4.37. The van der Waals surface area contributed by atoms with Crippen molar-refractivity contribution in [2.75, 3.05) is 12.0 Å². The standard InChI is InChI=1S/C12H21N3O6S/c1-22(20,21)3-2-8(11(14)18)15-12(19)6-4-7(13)10(17)9(16)5-6/h4,7-10,16-17H,2-3,5,13H2,1H3,(H2,14,18)(H,15,19)/p+1/t7-,8+,9-,10-/m1/s1. The number of quaternary nitrogens is 1. The van der Waals surface area contributed by atoms with E-state index < -0.39 is 45.9 Å². The molecule has 0 spiro atoms. The number of primary amides is 1. The molecular weight excluding hydrogens is 314 g/mol. The summed E-state index contributed by atoms with van der Waals surface area (Å²) in [6.07, 6.45) is 0.0103. The molecule has 0 aromatic carbocycles. The quantitative estimate of drug-likeness (QED) is 0.331. The van der Waals surface area contributed by atoms with Crippen LogP contribution in [0.2, 0.25) is 0 Å². The zero-order chi connectivity index (χ0) is 17.1. The molecule has 126 valence electrons. The van der Waals surface area contributed by atoms with Crippen LogP contribution >= 0.6 is 0 Å². The Kier molecular flexibility index (Phi) is 6.06. The van der Waals surface area contributed by atoms with E-state index in [1.54, 1.807) is 0 Å². The maximum Gasteiger partial charge on any atom is 0.247 e. The van der Waals surface area contributed by atoms with Gasteiger partial charge in [0.25, 0.3) is 0 Å². The molecule has 0 aromatic rings. The van der Waals surface area contributed by atoms with E-state index in [1.165, 1.54) is 6.08 Å². The molecule has 22 heavy (non-hydrogen) atoms. The highest BCUT2D eigenvalue weighted by atomic mass is 32.2. The van der Waals surface area contributed by atoms with Gasteiger partial charge in [-0.3, -0.25) is 9.59 Å². The monoisotopic (exact) mass is 336 g/mol. The third kappa shape index (κ3) is 5.37. The molecule has 0 bridgehead atoms. The second-order valence-electron chi connectivity index (χ2n) is 5.46. The summed E-state index contributed by atoms with van der Waals surface area (Å²) >= 11 is 0. The van der Waals surface area contributed by atoms with Crippen LogP contribution in [0.4, 0.5) is 0 Å². The average Bonchev–Trinajstić information content (AvgIpc) is 2.38. The molecule has 8 N–H and O–H groups in total. The van der Waals surface area contributed by atoms with Crippen molar-refractivity contribution in [3.05, 3.63) is 11.6 Å². The predicted molar refractivity (Wildman–Crippen MR) is 76.8 cm³/mol. The Hall–Kier alpha value is -1.49. The molecule has 0 radical (unpaired) electrons. The fraction of sp³-hybridized carbons (Fsp3) is 0.667. The van der Waals surface area contributed by atoms with Gasteiger partial charge >= 0.3 is 0 Å². The van der Waals surface area contributed by atoms with Gasteiger partial charge in [0.15, 0.2) is 0 Å². The van der Waals surface area contributed by atoms with Crippen molar-refractivity contribution in [2.45, 2.75) is 37.1 Å². The van der Waals surface area contributed by atoms with E-state index >= 15 is 0 Å². The van der Waals surface area contributed by atoms with E-state index in [0.29, 0.717) is 0 Å². The molecule has 1 aliphatic rings. The first kappa shape index (κ1) is 18.6. The van der Waals surface area contributed by atoms with Crippen molar-refractivity contribution >= 4 is 21.7 Å². The van der Waals surface area contributed by atoms with Gasteiger partial charge in [0.1, 0.15) is 28.0 Å². The summed E-state index contributed by atoms with van der Waals surface area (Å²) < 4.78 is 22.2. The van der Waals surface area contributed by atoms with Crippen LogP contribution in [0, 0.1) is 0 Å². The van der Waals surface area contributed by atoms with Gasteiger partial charge < -0.3 is 27.0 Å². The van der Waals surface area contributed by atoms with Gasteiger partial charge in [-0.1, -0.05) is 0 Å². The van der Waals surface area contributed by atoms with Gasteiger partial charge in [-0.25, -0.2) is 8.42 Å². The lowest BCUT2D eigenvalue weighted by atomic mass is 9.90. The summed E-state index contributed by atoms with van der Waals surface area (Å²) in [5.74, 6) is -1.78. The van der Waals surface area contributed by atoms with E-state index in [1.807, 2.05) is 0 Å². The Morgan fingerprint density at radius 3 is 2.55 bits per heavy atom. The predicted octanol–water partition coefficient (Wildman–Crippen LogP) is -3.95. The molecule has 4 atom stereocenters. The first-order valence-corrected chi connectivity index (χ1v) is 8.75. The highest BCUT2D eigenvalue weighted by Crippen LogP contribution is 2.18. The van der Waals surface area contributed by atoms with Crippen LogP contribution in [0.3, 0.4) is 0 Å². The number of hydrogen-bond donors (Lipinski definition) is 5. The van der Waals surface area contributed by atoms with E-state index in [4.69, 9.17) is 5.73 Å². The number of aliphatic hydroxyl groups excluding tert-OH is 2. The summed E-state index contributed by atoms with van der Waals surface area (Å²) in [5, 5.41) is 21.5. The fourth-order valence-electron chi connectivity index (χ4n) is 2.09. The van der Waals surface area contributed by atoms with Gasteiger partial charge in [0, 0.05) is 18.2 Å². The SMILES string of the molecule is CS(=O)(=O)CC[C@H](NC(=O)C1=C[C@@H]([NH3+])[C@@H](O)[C@H](O)C1)C(N)=O. The number of carbonyl (C=O) groups excluding carboxylic acids is 2. The van der Waals surface area contributed by atoms with Crippen molar-refractivity contribution < 1.29 is 34.0 Å². The van der Waals surface area contributed by atoms with Gasteiger partial charge in [-0.05, 0) is 12.5 Å². The van der Waals surface area contributed by atoms with Crippen LogP contribution in [0.15, 0.2) is 11.6 Å². The molecule has 0 aliphatic heterocycles. The summed E-state index contributed by atoms with van der Waals surface area (Å²) in [4.78, 5) is 23.4. The van der Waals surface area contributed by atoms with Crippen LogP contribution in [-0.4, -0.2) is 66.7 Å². The van der Waals surface area contributed by atoms with Crippen molar-refractivity contribution in [2.24, 2.45) is 5.73 Å². The van der Waals surface area contributed by atoms with Gasteiger partial charge in [0.05, 0.1) is 11.9 Å². The molecule has 0 aromatic heterocycles. The van der Waals surface area contributed by atoms with Crippen molar-refractivity contribution in [3.8, 4) is 0 Å². The van der Waals surface area contributed by atoms with Gasteiger partial charge in [0.2, 0.25) is 11.8 Å². The minimum atomic E-state index is -3.29. The number of aliphatic hydroxyl groups is 2. The highest BCUT2D eigenvalue weighted by Gasteiger charge is 2.33. The minimum absolute atomic E-state index is 0.0867. The van der Waals surface area contributed by atoms with Crippen LogP contribution in [0.1, 0.15) is 12.8 Å². The molecule has 2 amide bonds. The number of nitrogens with two attached hydrogens (primary N) is 1. The highest BCUT2D eigenvalue weighted by molar-refractivity contribution is 7.90. The zero-order valence-corrected chi connectivity index (χ0v) is 13.0. The first-order valence-electron chi connectivity index (χ1n) is 6.69. The molecule has 9 nitrogen and oxygen atoms in total. The average molecular weight is 336 g/mol. The second-order valence-corrected chi connectivity index (χ2v) is 7.72. The number of hydrogen-bond acceptors (Lipinski definition) is 6. The van der Waals surface area contributed by atoms with Crippen LogP contribution in [-0.2, 0) is 19.4 Å². The number of sulfone groups is 1. The summed E-state index contributed by atoms with van der Waals surface area (Å²) in [5.41, 5.74) is 8.93. The number of amides is 2. The summed E-state index contributed by atoms with van der Waals surface area (Å²) in [6, 6.07) is -1.79. The lowest BCUT2D eigenvalue weighted by molar-refractivity contribution is -0.426. The Balaban J connectivity index is 2.75. The van der Waals surface area contributed by atoms with E-state index in [2.05, 4.69) is 11.1 Å². The molecule has 1 aliphatic carbocycles. The van der Waals surface area contributed by atoms with Crippen molar-refractivity contribution in [1.29, 1.82) is 0 Å². The third-order valence-electron chi connectivity index (χ3n) is 3.39. The molecule has 0 heterocycles. The largest absolute Gasteiger partial charge is 0.390 e. The molecule has 0 unspecified atom stereocenters. The van der Waals surface area contributed by atoms with Crippen molar-refractivity contribution in [1.82, 2.24) is 5.32 Å². The van der Waals surface area contributed by atoms with E-state index in [9.17, 15) is 28.2 Å². The lowest BCUT2D eigenvalue weighted by Gasteiger charge is -2.26. The Morgan fingerprint density at radius 1 is 1.50 bits per heavy atom. The topological polar surface area (TPSA) is 174 Å². The van der Waals surface area contributed by atoms with Crippen LogP contribution < -0.4 is 16.8 Å². The Labute approximate surface area is 128 Å². The number of nitrogens with one attached hydrogen (secondary N) is 1. The van der Waals surface area contributed by atoms with Crippen LogP contribution in [0.5, 0.6) is 0 Å². The molecule has 0 fully saturated rings. The zero-order valence-electron chi connectivity index (χ0n) is 12.2. The smallest absolute Gasteiger partial charge is 0.247 e. The molecule has 0 saturated heterocycles. The lowest BCUT2D eigenvalue weighted by Crippen LogP contribution is -2.69. The Bertz CT molecular complexity index is 573. The molecule has 1 rings (SSSR count). The first-order chi connectivity index (χ1) is 10.0. The van der Waals surface area contributed by atoms with E-state index in [-0.39, 0.29) is 24.2 Å². The summed E-state index contributed by atoms with van der Waals surface area (Å²) in [6.45, 7) is 0. The normalized spacial score (nSPS) is 26.9. The number of carbonyl (C=O) groups is 2. The maximum atomic E-state index is 12.1. The van der Waals surface area contributed by atoms with E-state index in [0.717, 1.165) is 6.26 Å². The Morgan fingerprint density at radius 2 is 2.09 bits per heavy atom. The minimum Gasteiger partial charge on any atom is -0.390 e. The van der Waals surface area contributed by atoms with Crippen LogP contribution in [0.25, 0.3) is 0 Å². The summed E-state index contributed by atoms with van der Waals surface area (Å²) in [7, 11) is -3.29. The van der Waals surface area contributed by atoms with Gasteiger partial charge in [-0.15, -0.1) is 0 Å². The fourth-order valence-corrected chi connectivity index (χ4v) is 2.76. The second kappa shape index (κ2) is 7.18. The molecule has 10 heteroatoms. The maximum absolute atomic E-state index is 12.1. The van der Waals surface area contributed by atoms with Crippen molar-refractivity contribution in [3.63, 3.8) is 0 Å².